The maximum absolute atomic E-state index is 14.6. The molecule has 2 aliphatic rings. The van der Waals surface area contributed by atoms with Gasteiger partial charge in [0, 0.05) is 44.2 Å². The van der Waals surface area contributed by atoms with Crippen LogP contribution in [0, 0.1) is 11.7 Å². The van der Waals surface area contributed by atoms with Crippen molar-refractivity contribution in [3.63, 3.8) is 0 Å². The lowest BCUT2D eigenvalue weighted by atomic mass is 9.92. The Balaban J connectivity index is 1.18. The highest BCUT2D eigenvalue weighted by molar-refractivity contribution is 5.94. The number of likely N-dealkylation sites (tertiary alicyclic amines) is 1. The third-order valence-corrected chi connectivity index (χ3v) is 6.77. The Kier molecular flexibility index (Phi) is 8.03. The van der Waals surface area contributed by atoms with Crippen LogP contribution in [0.3, 0.4) is 0 Å². The molecule has 0 saturated carbocycles. The molecule has 186 valence electrons. The van der Waals surface area contributed by atoms with Gasteiger partial charge in [-0.15, -0.1) is 0 Å². The summed E-state index contributed by atoms with van der Waals surface area (Å²) >= 11 is 0. The molecule has 0 radical (unpaired) electrons. The van der Waals surface area contributed by atoms with Gasteiger partial charge in [0.2, 0.25) is 0 Å². The van der Waals surface area contributed by atoms with Crippen molar-refractivity contribution >= 4 is 11.9 Å². The number of nitrogens with zero attached hydrogens (tertiary/aromatic N) is 4. The molecule has 3 heterocycles. The van der Waals surface area contributed by atoms with Gasteiger partial charge in [0.25, 0.3) is 5.91 Å². The smallest absolute Gasteiger partial charge is 0.324 e. The zero-order chi connectivity index (χ0) is 24.1. The SMILES string of the molecule is CC(C)c1noc(N2CCC(CCCOc3ccc(C(=O)N4CCC[C@@H](N)C4)c(F)c3)CC2)n1. The van der Waals surface area contributed by atoms with Crippen molar-refractivity contribution < 1.29 is 18.4 Å². The Morgan fingerprint density at radius 1 is 1.26 bits per heavy atom. The van der Waals surface area contributed by atoms with Crippen molar-refractivity contribution in [3.05, 3.63) is 35.4 Å². The molecule has 2 aromatic rings. The minimum Gasteiger partial charge on any atom is -0.493 e. The van der Waals surface area contributed by atoms with E-state index in [1.54, 1.807) is 11.0 Å². The van der Waals surface area contributed by atoms with E-state index in [-0.39, 0.29) is 23.4 Å². The molecule has 0 unspecified atom stereocenters. The van der Waals surface area contributed by atoms with Crippen molar-refractivity contribution in [3.8, 4) is 5.75 Å². The molecule has 34 heavy (non-hydrogen) atoms. The molecule has 4 rings (SSSR count). The quantitative estimate of drug-likeness (QED) is 0.579. The summed E-state index contributed by atoms with van der Waals surface area (Å²) in [5.74, 6) is 1.24. The number of halogens is 1. The molecule has 0 aliphatic carbocycles. The number of carbonyl (C=O) groups excluding carboxylic acids is 1. The zero-order valence-corrected chi connectivity index (χ0v) is 20.2. The molecule has 2 fully saturated rings. The molecular weight excluding hydrogens is 437 g/mol. The Labute approximate surface area is 200 Å². The van der Waals surface area contributed by atoms with Crippen LogP contribution >= 0.6 is 0 Å². The summed E-state index contributed by atoms with van der Waals surface area (Å²) in [5.41, 5.74) is 6.03. The van der Waals surface area contributed by atoms with Gasteiger partial charge in [0.05, 0.1) is 12.2 Å². The topological polar surface area (TPSA) is 97.7 Å². The van der Waals surface area contributed by atoms with E-state index in [9.17, 15) is 9.18 Å². The van der Waals surface area contributed by atoms with Crippen LogP contribution in [-0.2, 0) is 0 Å². The largest absolute Gasteiger partial charge is 0.493 e. The van der Waals surface area contributed by atoms with Gasteiger partial charge in [-0.1, -0.05) is 19.0 Å². The number of amides is 1. The molecule has 2 saturated heterocycles. The average Bonchev–Trinajstić information content (AvgIpc) is 3.33. The van der Waals surface area contributed by atoms with Crippen LogP contribution in [0.4, 0.5) is 10.4 Å². The first kappa shape index (κ1) is 24.4. The van der Waals surface area contributed by atoms with Crippen molar-refractivity contribution in [2.24, 2.45) is 11.7 Å². The van der Waals surface area contributed by atoms with E-state index < -0.39 is 5.82 Å². The average molecular weight is 474 g/mol. The number of piperidine rings is 2. The van der Waals surface area contributed by atoms with Crippen LogP contribution < -0.4 is 15.4 Å². The van der Waals surface area contributed by atoms with Crippen LogP contribution in [0.15, 0.2) is 22.7 Å². The predicted molar refractivity (Wildman–Crippen MR) is 128 cm³/mol. The van der Waals surface area contributed by atoms with Crippen LogP contribution in [-0.4, -0.2) is 59.8 Å². The number of carbonyl (C=O) groups is 1. The minimum absolute atomic E-state index is 0.0350. The number of hydrogen-bond acceptors (Lipinski definition) is 7. The van der Waals surface area contributed by atoms with E-state index in [1.807, 2.05) is 0 Å². The molecule has 9 heteroatoms. The molecule has 1 aromatic heterocycles. The van der Waals surface area contributed by atoms with Crippen LogP contribution in [0.5, 0.6) is 5.75 Å². The number of anilines is 1. The molecular formula is C25H36FN5O3. The molecule has 8 nitrogen and oxygen atoms in total. The van der Waals surface area contributed by atoms with E-state index in [0.29, 0.717) is 37.4 Å². The van der Waals surface area contributed by atoms with E-state index in [1.165, 1.54) is 12.1 Å². The second kappa shape index (κ2) is 11.2. The molecule has 0 bridgehead atoms. The van der Waals surface area contributed by atoms with E-state index in [0.717, 1.165) is 57.4 Å². The molecule has 1 amide bonds. The van der Waals surface area contributed by atoms with Gasteiger partial charge >= 0.3 is 6.01 Å². The van der Waals surface area contributed by atoms with Crippen molar-refractivity contribution in [2.75, 3.05) is 37.7 Å². The first-order valence-electron chi connectivity index (χ1n) is 12.5. The number of ether oxygens (including phenoxy) is 1. The van der Waals surface area contributed by atoms with Gasteiger partial charge in [-0.05, 0) is 56.6 Å². The second-order valence-electron chi connectivity index (χ2n) is 9.81. The monoisotopic (exact) mass is 473 g/mol. The molecule has 1 atom stereocenters. The fourth-order valence-corrected chi connectivity index (χ4v) is 4.69. The standard InChI is InChI=1S/C25H36FN5O3/c1-17(2)23-28-25(34-29-23)30-12-9-18(10-13-30)5-4-14-33-20-7-8-21(22(26)15-20)24(32)31-11-3-6-19(27)16-31/h7-8,15,17-19H,3-6,9-14,16,27H2,1-2H3/t19-/m1/s1. The summed E-state index contributed by atoms with van der Waals surface area (Å²) < 4.78 is 25.8. The van der Waals surface area contributed by atoms with Crippen molar-refractivity contribution in [1.29, 1.82) is 0 Å². The molecule has 2 N–H and O–H groups in total. The highest BCUT2D eigenvalue weighted by atomic mass is 19.1. The minimum atomic E-state index is -0.546. The van der Waals surface area contributed by atoms with Gasteiger partial charge in [0.15, 0.2) is 5.82 Å². The summed E-state index contributed by atoms with van der Waals surface area (Å²) in [6, 6.07) is 5.09. The van der Waals surface area contributed by atoms with Crippen molar-refractivity contribution in [1.82, 2.24) is 15.0 Å². The summed E-state index contributed by atoms with van der Waals surface area (Å²) in [5, 5.41) is 4.05. The van der Waals surface area contributed by atoms with Gasteiger partial charge < -0.3 is 24.8 Å². The van der Waals surface area contributed by atoms with Gasteiger partial charge in [0.1, 0.15) is 11.6 Å². The van der Waals surface area contributed by atoms with E-state index in [4.69, 9.17) is 15.0 Å². The number of nitrogens with two attached hydrogens (primary N) is 1. The normalized spacial score (nSPS) is 19.6. The predicted octanol–water partition coefficient (Wildman–Crippen LogP) is 3.97. The maximum atomic E-state index is 14.6. The third kappa shape index (κ3) is 6.05. The zero-order valence-electron chi connectivity index (χ0n) is 20.2. The maximum Gasteiger partial charge on any atom is 0.324 e. The summed E-state index contributed by atoms with van der Waals surface area (Å²) in [6.45, 7) is 7.55. The van der Waals surface area contributed by atoms with Crippen LogP contribution in [0.25, 0.3) is 0 Å². The highest BCUT2D eigenvalue weighted by Gasteiger charge is 2.25. The first-order chi connectivity index (χ1) is 16.4. The third-order valence-electron chi connectivity index (χ3n) is 6.77. The van der Waals surface area contributed by atoms with E-state index >= 15 is 0 Å². The Morgan fingerprint density at radius 3 is 2.74 bits per heavy atom. The summed E-state index contributed by atoms with van der Waals surface area (Å²) in [7, 11) is 0. The Bertz CT molecular complexity index is 958. The van der Waals surface area contributed by atoms with Gasteiger partial charge in [-0.25, -0.2) is 4.39 Å². The lowest BCUT2D eigenvalue weighted by Gasteiger charge is -2.31. The second-order valence-corrected chi connectivity index (χ2v) is 9.81. The molecule has 0 spiro atoms. The number of rotatable bonds is 8. The number of aromatic nitrogens is 2. The number of benzene rings is 1. The Hall–Kier alpha value is -2.68. The van der Waals surface area contributed by atoms with Crippen molar-refractivity contribution in [2.45, 2.75) is 64.3 Å². The van der Waals surface area contributed by atoms with Crippen LogP contribution in [0.1, 0.15) is 74.5 Å². The lowest BCUT2D eigenvalue weighted by molar-refractivity contribution is 0.0704. The molecule has 2 aliphatic heterocycles. The molecule has 1 aromatic carbocycles. The first-order valence-corrected chi connectivity index (χ1v) is 12.5. The highest BCUT2D eigenvalue weighted by Crippen LogP contribution is 2.26. The van der Waals surface area contributed by atoms with Gasteiger partial charge in [-0.3, -0.25) is 4.79 Å². The lowest BCUT2D eigenvalue weighted by Crippen LogP contribution is -2.45. The van der Waals surface area contributed by atoms with E-state index in [2.05, 4.69) is 28.9 Å². The fourth-order valence-electron chi connectivity index (χ4n) is 4.69. The summed E-state index contributed by atoms with van der Waals surface area (Å²) in [6.07, 6.45) is 5.86. The number of hydrogen-bond donors (Lipinski definition) is 1. The Morgan fingerprint density at radius 2 is 2.06 bits per heavy atom. The van der Waals surface area contributed by atoms with Crippen LogP contribution in [0.2, 0.25) is 0 Å². The fraction of sp³-hybridized carbons (Fsp3) is 0.640. The summed E-state index contributed by atoms with van der Waals surface area (Å²) in [4.78, 5) is 20.9. The van der Waals surface area contributed by atoms with Gasteiger partial charge in [-0.2, -0.15) is 4.98 Å².